The summed E-state index contributed by atoms with van der Waals surface area (Å²) in [5.41, 5.74) is 0. The maximum Gasteiger partial charge on any atom is 0.379 e. The highest BCUT2D eigenvalue weighted by Crippen LogP contribution is 2.46. The van der Waals surface area contributed by atoms with Gasteiger partial charge in [0.2, 0.25) is 5.91 Å². The van der Waals surface area contributed by atoms with Crippen molar-refractivity contribution in [2.24, 2.45) is 0 Å². The molecule has 0 saturated carbocycles. The fourth-order valence-electron chi connectivity index (χ4n) is 3.02. The van der Waals surface area contributed by atoms with Crippen molar-refractivity contribution in [2.75, 3.05) is 7.11 Å². The second kappa shape index (κ2) is 7.22. The summed E-state index contributed by atoms with van der Waals surface area (Å²) in [5, 5.41) is -1.04. The van der Waals surface area contributed by atoms with Crippen LogP contribution >= 0.6 is 0 Å². The summed E-state index contributed by atoms with van der Waals surface area (Å²) in [6.45, 7) is 2.66. The van der Waals surface area contributed by atoms with Crippen molar-refractivity contribution in [3.63, 3.8) is 0 Å². The number of hydrogen-bond donors (Lipinski definition) is 0. The van der Waals surface area contributed by atoms with Crippen molar-refractivity contribution in [3.8, 4) is 0 Å². The van der Waals surface area contributed by atoms with Gasteiger partial charge in [0, 0.05) is 6.42 Å². The zero-order valence-corrected chi connectivity index (χ0v) is 15.5. The molecule has 146 valence electrons. The molecule has 2 saturated heterocycles. The molecule has 0 spiro atoms. The van der Waals surface area contributed by atoms with Gasteiger partial charge in [-0.25, -0.2) is 27.8 Å². The first kappa shape index (κ1) is 20.1. The van der Waals surface area contributed by atoms with Crippen molar-refractivity contribution >= 4 is 33.7 Å². The van der Waals surface area contributed by atoms with Crippen molar-refractivity contribution in [1.82, 2.24) is 4.90 Å². The van der Waals surface area contributed by atoms with Crippen LogP contribution in [0.3, 0.4) is 0 Å². The molecule has 2 aliphatic heterocycles. The van der Waals surface area contributed by atoms with Crippen molar-refractivity contribution in [1.29, 1.82) is 0 Å². The standard InChI is InChI=1S/C15H21NO9S/c1-15(2)13(16-9(17)8-10(16)26(15,21)22)14(20)25-24-12(19)7-5-4-6-11(18)23-3/h10,13H,4-8H2,1-3H3/t10-,13+/m1/s1. The number of sulfone groups is 1. The lowest BCUT2D eigenvalue weighted by atomic mass is 9.98. The molecule has 0 unspecified atom stereocenters. The van der Waals surface area contributed by atoms with Gasteiger partial charge in [0.25, 0.3) is 0 Å². The number of carbonyl (C=O) groups excluding carboxylic acids is 4. The summed E-state index contributed by atoms with van der Waals surface area (Å²) < 4.78 is 27.7. The molecule has 11 heteroatoms. The Balaban J connectivity index is 1.87. The summed E-state index contributed by atoms with van der Waals surface area (Å²) in [5.74, 6) is -2.83. The van der Waals surface area contributed by atoms with Crippen molar-refractivity contribution < 1.29 is 42.1 Å². The number of nitrogens with zero attached hydrogens (tertiary/aromatic N) is 1. The van der Waals surface area contributed by atoms with E-state index in [1.165, 1.54) is 21.0 Å². The van der Waals surface area contributed by atoms with Crippen LogP contribution in [-0.4, -0.2) is 60.4 Å². The minimum absolute atomic E-state index is 0.0953. The molecule has 0 aromatic heterocycles. The molecule has 0 aromatic rings. The molecule has 1 amide bonds. The number of methoxy groups -OCH3 is 1. The molecule has 2 fully saturated rings. The van der Waals surface area contributed by atoms with Crippen molar-refractivity contribution in [2.45, 2.75) is 62.1 Å². The zero-order chi connectivity index (χ0) is 19.7. The summed E-state index contributed by atoms with van der Waals surface area (Å²) in [4.78, 5) is 56.3. The van der Waals surface area contributed by atoms with Gasteiger partial charge >= 0.3 is 17.9 Å². The lowest BCUT2D eigenvalue weighted by Crippen LogP contribution is -2.57. The maximum atomic E-state index is 12.4. The third kappa shape index (κ3) is 3.39. The Morgan fingerprint density at radius 2 is 1.69 bits per heavy atom. The Morgan fingerprint density at radius 3 is 2.23 bits per heavy atom. The van der Waals surface area contributed by atoms with E-state index in [-0.39, 0.29) is 19.3 Å². The number of fused-ring (bicyclic) bond motifs is 1. The average Bonchev–Trinajstić information content (AvgIpc) is 2.70. The lowest BCUT2D eigenvalue weighted by molar-refractivity contribution is -0.263. The van der Waals surface area contributed by atoms with Gasteiger partial charge in [-0.1, -0.05) is 0 Å². The molecule has 0 radical (unpaired) electrons. The summed E-state index contributed by atoms with van der Waals surface area (Å²) >= 11 is 0. The van der Waals surface area contributed by atoms with E-state index in [4.69, 9.17) is 0 Å². The second-order valence-corrected chi connectivity index (χ2v) is 9.34. The van der Waals surface area contributed by atoms with Crippen LogP contribution in [0.1, 0.15) is 46.0 Å². The van der Waals surface area contributed by atoms with E-state index < -0.39 is 49.8 Å². The van der Waals surface area contributed by atoms with Crippen LogP contribution in [0.15, 0.2) is 0 Å². The Kier molecular flexibility index (Phi) is 5.59. The minimum atomic E-state index is -3.74. The molecular weight excluding hydrogens is 370 g/mol. The van der Waals surface area contributed by atoms with Crippen LogP contribution in [0.25, 0.3) is 0 Å². The highest BCUT2D eigenvalue weighted by atomic mass is 32.2. The number of ether oxygens (including phenoxy) is 1. The topological polar surface area (TPSA) is 133 Å². The number of rotatable bonds is 6. The average molecular weight is 391 g/mol. The third-order valence-electron chi connectivity index (χ3n) is 4.66. The quantitative estimate of drug-likeness (QED) is 0.199. The van der Waals surface area contributed by atoms with Gasteiger partial charge in [-0.2, -0.15) is 0 Å². The third-order valence-corrected chi connectivity index (χ3v) is 7.46. The van der Waals surface area contributed by atoms with Gasteiger partial charge in [-0.15, -0.1) is 0 Å². The highest BCUT2D eigenvalue weighted by Gasteiger charge is 2.68. The lowest BCUT2D eigenvalue weighted by Gasteiger charge is -2.35. The molecule has 2 rings (SSSR count). The molecule has 26 heavy (non-hydrogen) atoms. The second-order valence-electron chi connectivity index (χ2n) is 6.65. The number of β-lactam (4-membered cyclic amide) rings is 1. The minimum Gasteiger partial charge on any atom is -0.469 e. The van der Waals surface area contributed by atoms with Gasteiger partial charge in [0.1, 0.15) is 10.1 Å². The Bertz CT molecular complexity index is 727. The summed E-state index contributed by atoms with van der Waals surface area (Å²) in [6.07, 6.45) is 0.600. The first-order valence-corrected chi connectivity index (χ1v) is 9.61. The number of esters is 1. The van der Waals surface area contributed by atoms with Gasteiger partial charge in [-0.05, 0) is 26.7 Å². The number of hydrogen-bond acceptors (Lipinski definition) is 9. The number of amides is 1. The fourth-order valence-corrected chi connectivity index (χ4v) is 5.15. The Morgan fingerprint density at radius 1 is 1.12 bits per heavy atom. The van der Waals surface area contributed by atoms with Crippen LogP contribution in [0.5, 0.6) is 0 Å². The largest absolute Gasteiger partial charge is 0.469 e. The van der Waals surface area contributed by atoms with E-state index in [1.54, 1.807) is 0 Å². The summed E-state index contributed by atoms with van der Waals surface area (Å²) in [7, 11) is -2.48. The molecule has 2 aliphatic rings. The molecule has 0 N–H and O–H groups in total. The van der Waals surface area contributed by atoms with E-state index >= 15 is 0 Å². The van der Waals surface area contributed by atoms with E-state index in [1.807, 2.05) is 0 Å². The van der Waals surface area contributed by atoms with Crippen LogP contribution in [0.2, 0.25) is 0 Å². The molecule has 2 atom stereocenters. The number of carbonyl (C=O) groups is 4. The molecule has 10 nitrogen and oxygen atoms in total. The fraction of sp³-hybridized carbons (Fsp3) is 0.733. The Hall–Kier alpha value is -2.17. The molecule has 0 aliphatic carbocycles. The monoisotopic (exact) mass is 391 g/mol. The molecule has 0 aromatic carbocycles. The van der Waals surface area contributed by atoms with Gasteiger partial charge in [0.15, 0.2) is 15.9 Å². The number of unbranched alkanes of at least 4 members (excludes halogenated alkanes) is 1. The van der Waals surface area contributed by atoms with Gasteiger partial charge in [-0.3, -0.25) is 9.59 Å². The van der Waals surface area contributed by atoms with E-state index in [2.05, 4.69) is 14.5 Å². The van der Waals surface area contributed by atoms with Crippen molar-refractivity contribution in [3.05, 3.63) is 0 Å². The predicted octanol–water partition coefficient (Wildman–Crippen LogP) is -0.145. The molecule has 0 bridgehead atoms. The highest BCUT2D eigenvalue weighted by molar-refractivity contribution is 7.93. The maximum absolute atomic E-state index is 12.4. The SMILES string of the molecule is COC(=O)CCCCC(=O)OOC(=O)[C@@H]1N2C(=O)C[C@H]2S(=O)(=O)C1(C)C. The van der Waals surface area contributed by atoms with Crippen LogP contribution in [-0.2, 0) is 43.5 Å². The Labute approximate surface area is 150 Å². The first-order valence-electron chi connectivity index (χ1n) is 8.06. The molecular formula is C15H21NO9S. The van der Waals surface area contributed by atoms with E-state index in [0.29, 0.717) is 12.8 Å². The predicted molar refractivity (Wildman–Crippen MR) is 84.7 cm³/mol. The van der Waals surface area contributed by atoms with Crippen LogP contribution in [0.4, 0.5) is 0 Å². The van der Waals surface area contributed by atoms with Gasteiger partial charge < -0.3 is 9.64 Å². The smallest absolute Gasteiger partial charge is 0.379 e. The summed E-state index contributed by atoms with van der Waals surface area (Å²) in [6, 6.07) is -1.37. The molecule has 2 heterocycles. The van der Waals surface area contributed by atoms with E-state index in [9.17, 15) is 27.6 Å². The van der Waals surface area contributed by atoms with E-state index in [0.717, 1.165) is 4.90 Å². The first-order chi connectivity index (χ1) is 12.0. The van der Waals surface area contributed by atoms with Crippen LogP contribution < -0.4 is 0 Å². The van der Waals surface area contributed by atoms with Crippen LogP contribution in [0, 0.1) is 0 Å². The zero-order valence-electron chi connectivity index (χ0n) is 14.7. The normalized spacial score (nSPS) is 25.0. The van der Waals surface area contributed by atoms with Gasteiger partial charge in [0.05, 0.1) is 20.0 Å².